The van der Waals surface area contributed by atoms with Gasteiger partial charge in [0.1, 0.15) is 6.33 Å². The third-order valence-corrected chi connectivity index (χ3v) is 3.88. The van der Waals surface area contributed by atoms with Gasteiger partial charge in [0.2, 0.25) is 17.8 Å². The van der Waals surface area contributed by atoms with Crippen LogP contribution in [0.25, 0.3) is 5.95 Å². The molecule has 0 saturated heterocycles. The van der Waals surface area contributed by atoms with Crippen LogP contribution in [0.2, 0.25) is 0 Å². The molecule has 3 rings (SSSR count). The van der Waals surface area contributed by atoms with E-state index in [0.29, 0.717) is 29.3 Å². The lowest BCUT2D eigenvalue weighted by molar-refractivity contribution is 0.378. The zero-order chi connectivity index (χ0) is 14.9. The monoisotopic (exact) mass is 287 g/mol. The molecule has 1 fully saturated rings. The van der Waals surface area contributed by atoms with Crippen LogP contribution in [-0.2, 0) is 0 Å². The molecule has 0 aliphatic heterocycles. The SMILES string of the molecule is CNc1nc(NC2CCC(C)(C)C2)nc(-n2ccnc2)n1. The van der Waals surface area contributed by atoms with Gasteiger partial charge in [0.25, 0.3) is 0 Å². The first-order valence-corrected chi connectivity index (χ1v) is 7.24. The van der Waals surface area contributed by atoms with Gasteiger partial charge in [-0.25, -0.2) is 4.98 Å². The maximum Gasteiger partial charge on any atom is 0.241 e. The Bertz CT molecular complexity index is 606. The van der Waals surface area contributed by atoms with Crippen molar-refractivity contribution in [3.63, 3.8) is 0 Å². The van der Waals surface area contributed by atoms with E-state index >= 15 is 0 Å². The highest BCUT2D eigenvalue weighted by Crippen LogP contribution is 2.37. The van der Waals surface area contributed by atoms with Gasteiger partial charge in [-0.2, -0.15) is 15.0 Å². The van der Waals surface area contributed by atoms with Gasteiger partial charge in [0, 0.05) is 25.5 Å². The standard InChI is InChI=1S/C14H21N7/c1-14(2)5-4-10(8-14)17-12-18-11(15-3)19-13(20-12)21-7-6-16-9-21/h6-7,9-10H,4-5,8H2,1-3H3,(H2,15,17,18,19,20). The number of hydrogen-bond donors (Lipinski definition) is 2. The summed E-state index contributed by atoms with van der Waals surface area (Å²) in [5.74, 6) is 1.72. The van der Waals surface area contributed by atoms with E-state index in [1.807, 2.05) is 6.20 Å². The van der Waals surface area contributed by atoms with Crippen LogP contribution in [0.4, 0.5) is 11.9 Å². The van der Waals surface area contributed by atoms with E-state index in [2.05, 4.69) is 44.4 Å². The van der Waals surface area contributed by atoms with Gasteiger partial charge in [0.15, 0.2) is 0 Å². The minimum absolute atomic E-state index is 0.393. The Kier molecular flexibility index (Phi) is 3.48. The van der Waals surface area contributed by atoms with Gasteiger partial charge in [0.05, 0.1) is 0 Å². The molecule has 2 heterocycles. The highest BCUT2D eigenvalue weighted by Gasteiger charge is 2.31. The molecular weight excluding hydrogens is 266 g/mol. The smallest absolute Gasteiger partial charge is 0.241 e. The Balaban J connectivity index is 1.83. The van der Waals surface area contributed by atoms with Gasteiger partial charge in [-0.3, -0.25) is 4.57 Å². The van der Waals surface area contributed by atoms with E-state index in [1.165, 1.54) is 6.42 Å². The fraction of sp³-hybridized carbons (Fsp3) is 0.571. The Hall–Kier alpha value is -2.18. The molecule has 2 N–H and O–H groups in total. The van der Waals surface area contributed by atoms with Crippen LogP contribution in [0.15, 0.2) is 18.7 Å². The lowest BCUT2D eigenvalue weighted by Crippen LogP contribution is -2.20. The summed E-state index contributed by atoms with van der Waals surface area (Å²) in [6.45, 7) is 4.61. The Morgan fingerprint density at radius 3 is 2.67 bits per heavy atom. The van der Waals surface area contributed by atoms with Crippen molar-refractivity contribution >= 4 is 11.9 Å². The zero-order valence-electron chi connectivity index (χ0n) is 12.7. The third kappa shape index (κ3) is 3.12. The molecule has 0 amide bonds. The molecule has 0 aromatic carbocycles. The van der Waals surface area contributed by atoms with Gasteiger partial charge in [-0.15, -0.1) is 0 Å². The molecule has 21 heavy (non-hydrogen) atoms. The van der Waals surface area contributed by atoms with Crippen LogP contribution in [0.5, 0.6) is 0 Å². The second-order valence-electron chi connectivity index (χ2n) is 6.25. The van der Waals surface area contributed by atoms with Crippen LogP contribution in [0.3, 0.4) is 0 Å². The third-order valence-electron chi connectivity index (χ3n) is 3.88. The molecule has 1 aliphatic rings. The molecule has 0 radical (unpaired) electrons. The highest BCUT2D eigenvalue weighted by molar-refractivity contribution is 5.38. The van der Waals surface area contributed by atoms with Crippen molar-refractivity contribution in [1.29, 1.82) is 0 Å². The molecule has 1 aliphatic carbocycles. The topological polar surface area (TPSA) is 80.5 Å². The molecule has 7 heteroatoms. The highest BCUT2D eigenvalue weighted by atomic mass is 15.3. The summed E-state index contributed by atoms with van der Waals surface area (Å²) in [7, 11) is 1.80. The maximum atomic E-state index is 4.48. The molecule has 0 spiro atoms. The zero-order valence-corrected chi connectivity index (χ0v) is 12.7. The number of hydrogen-bond acceptors (Lipinski definition) is 6. The molecule has 1 atom stereocenters. The van der Waals surface area contributed by atoms with Gasteiger partial charge >= 0.3 is 0 Å². The van der Waals surface area contributed by atoms with Crippen molar-refractivity contribution in [2.24, 2.45) is 5.41 Å². The van der Waals surface area contributed by atoms with Gasteiger partial charge in [-0.1, -0.05) is 13.8 Å². The second kappa shape index (κ2) is 5.31. The molecule has 1 saturated carbocycles. The largest absolute Gasteiger partial charge is 0.357 e. The predicted octanol–water partition coefficient (Wildman–Crippen LogP) is 2.09. The van der Waals surface area contributed by atoms with Crippen molar-refractivity contribution in [3.8, 4) is 5.95 Å². The van der Waals surface area contributed by atoms with Crippen molar-refractivity contribution in [2.45, 2.75) is 39.2 Å². The van der Waals surface area contributed by atoms with Gasteiger partial charge < -0.3 is 10.6 Å². The van der Waals surface area contributed by atoms with E-state index in [1.54, 1.807) is 24.1 Å². The van der Waals surface area contributed by atoms with Crippen molar-refractivity contribution in [2.75, 3.05) is 17.7 Å². The summed E-state index contributed by atoms with van der Waals surface area (Å²) >= 11 is 0. The van der Waals surface area contributed by atoms with E-state index < -0.39 is 0 Å². The summed E-state index contributed by atoms with van der Waals surface area (Å²) < 4.78 is 1.77. The van der Waals surface area contributed by atoms with Crippen LogP contribution in [0.1, 0.15) is 33.1 Å². The fourth-order valence-electron chi connectivity index (χ4n) is 2.78. The summed E-state index contributed by atoms with van der Waals surface area (Å²) in [5.41, 5.74) is 0.393. The first kappa shape index (κ1) is 13.8. The van der Waals surface area contributed by atoms with Crippen molar-refractivity contribution < 1.29 is 0 Å². The quantitative estimate of drug-likeness (QED) is 0.896. The average Bonchev–Trinajstić information content (AvgIpc) is 3.08. The maximum absolute atomic E-state index is 4.48. The Morgan fingerprint density at radius 2 is 2.05 bits per heavy atom. The first-order chi connectivity index (χ1) is 10.1. The molecular formula is C14H21N7. The van der Waals surface area contributed by atoms with Crippen LogP contribution < -0.4 is 10.6 Å². The van der Waals surface area contributed by atoms with Crippen LogP contribution in [0, 0.1) is 5.41 Å². The molecule has 112 valence electrons. The normalized spacial score (nSPS) is 20.4. The van der Waals surface area contributed by atoms with E-state index in [-0.39, 0.29) is 0 Å². The van der Waals surface area contributed by atoms with E-state index in [0.717, 1.165) is 12.8 Å². The molecule has 2 aromatic rings. The second-order valence-corrected chi connectivity index (χ2v) is 6.25. The summed E-state index contributed by atoms with van der Waals surface area (Å²) in [6, 6.07) is 0.419. The molecule has 2 aromatic heterocycles. The lowest BCUT2D eigenvalue weighted by Gasteiger charge is -2.18. The van der Waals surface area contributed by atoms with Crippen LogP contribution >= 0.6 is 0 Å². The van der Waals surface area contributed by atoms with Crippen LogP contribution in [-0.4, -0.2) is 37.6 Å². The summed E-state index contributed by atoms with van der Waals surface area (Å²) in [5, 5.41) is 6.41. The molecule has 1 unspecified atom stereocenters. The number of aromatic nitrogens is 5. The minimum atomic E-state index is 0.393. The summed E-state index contributed by atoms with van der Waals surface area (Å²) in [4.78, 5) is 17.3. The number of imidazole rings is 1. The van der Waals surface area contributed by atoms with E-state index in [4.69, 9.17) is 0 Å². The minimum Gasteiger partial charge on any atom is -0.357 e. The lowest BCUT2D eigenvalue weighted by atomic mass is 9.92. The number of nitrogens with zero attached hydrogens (tertiary/aromatic N) is 5. The van der Waals surface area contributed by atoms with Gasteiger partial charge in [-0.05, 0) is 24.7 Å². The Labute approximate surface area is 124 Å². The summed E-state index contributed by atoms with van der Waals surface area (Å²) in [6.07, 6.45) is 8.70. The number of anilines is 2. The molecule has 0 bridgehead atoms. The average molecular weight is 287 g/mol. The fourth-order valence-corrected chi connectivity index (χ4v) is 2.78. The van der Waals surface area contributed by atoms with Crippen molar-refractivity contribution in [3.05, 3.63) is 18.7 Å². The van der Waals surface area contributed by atoms with Crippen molar-refractivity contribution in [1.82, 2.24) is 24.5 Å². The van der Waals surface area contributed by atoms with E-state index in [9.17, 15) is 0 Å². The molecule has 7 nitrogen and oxygen atoms in total. The number of rotatable bonds is 4. The first-order valence-electron chi connectivity index (χ1n) is 7.24. The number of nitrogens with one attached hydrogen (secondary N) is 2. The Morgan fingerprint density at radius 1 is 1.24 bits per heavy atom. The predicted molar refractivity (Wildman–Crippen MR) is 81.5 cm³/mol.